The van der Waals surface area contributed by atoms with Gasteiger partial charge in [0, 0.05) is 23.1 Å². The summed E-state index contributed by atoms with van der Waals surface area (Å²) in [5.41, 5.74) is 1.86. The molecule has 0 bridgehead atoms. The maximum atomic E-state index is 13.1. The van der Waals surface area contributed by atoms with E-state index in [1.807, 2.05) is 18.2 Å². The van der Waals surface area contributed by atoms with Crippen molar-refractivity contribution in [2.75, 3.05) is 13.2 Å². The monoisotopic (exact) mass is 542 g/mol. The second-order valence-electron chi connectivity index (χ2n) is 7.48. The average molecular weight is 544 g/mol. The minimum Gasteiger partial charge on any atom is -0.483 e. The zero-order valence-corrected chi connectivity index (χ0v) is 21.7. The first-order valence-corrected chi connectivity index (χ1v) is 12.2. The first-order valence-electron chi connectivity index (χ1n) is 10.7. The fourth-order valence-electron chi connectivity index (χ4n) is 3.06. The van der Waals surface area contributed by atoms with Gasteiger partial charge in [0.15, 0.2) is 6.61 Å². The zero-order chi connectivity index (χ0) is 23.7. The molecule has 8 heteroatoms. The molecule has 2 aromatic rings. The van der Waals surface area contributed by atoms with E-state index in [2.05, 4.69) is 35.1 Å². The van der Waals surface area contributed by atoms with Gasteiger partial charge in [-0.3, -0.25) is 9.59 Å². The molecule has 0 unspecified atom stereocenters. The summed E-state index contributed by atoms with van der Waals surface area (Å²) >= 11 is 15.8. The number of ether oxygens (including phenoxy) is 1. The van der Waals surface area contributed by atoms with Crippen molar-refractivity contribution in [1.29, 1.82) is 0 Å². The minimum atomic E-state index is -0.694. The van der Waals surface area contributed by atoms with E-state index in [-0.39, 0.29) is 25.0 Å². The minimum absolute atomic E-state index is 0.163. The van der Waals surface area contributed by atoms with Crippen LogP contribution in [-0.4, -0.2) is 35.9 Å². The van der Waals surface area contributed by atoms with Crippen molar-refractivity contribution < 1.29 is 14.3 Å². The summed E-state index contributed by atoms with van der Waals surface area (Å²) in [5, 5.41) is 3.83. The molecule has 1 N–H and O–H groups in total. The summed E-state index contributed by atoms with van der Waals surface area (Å²) < 4.78 is 6.55. The van der Waals surface area contributed by atoms with E-state index >= 15 is 0 Å². The molecule has 0 aromatic heterocycles. The summed E-state index contributed by atoms with van der Waals surface area (Å²) in [7, 11) is 0. The predicted molar refractivity (Wildman–Crippen MR) is 133 cm³/mol. The normalized spacial score (nSPS) is 11.7. The molecule has 2 amide bonds. The van der Waals surface area contributed by atoms with Gasteiger partial charge in [-0.15, -0.1) is 0 Å². The van der Waals surface area contributed by atoms with Crippen LogP contribution in [0.3, 0.4) is 0 Å². The SMILES string of the molecule is CCCCNC(=O)[C@H](C)N(Cc1ccc(Cl)cc1Cl)C(=O)COc1ccc(CC)cc1Br. The number of nitrogens with zero attached hydrogens (tertiary/aromatic N) is 1. The summed E-state index contributed by atoms with van der Waals surface area (Å²) in [4.78, 5) is 27.3. The fourth-order valence-corrected chi connectivity index (χ4v) is 4.06. The van der Waals surface area contributed by atoms with Crippen LogP contribution in [-0.2, 0) is 22.6 Å². The molecule has 0 heterocycles. The number of halogens is 3. The van der Waals surface area contributed by atoms with Gasteiger partial charge < -0.3 is 15.0 Å². The molecule has 0 fully saturated rings. The van der Waals surface area contributed by atoms with E-state index < -0.39 is 6.04 Å². The Morgan fingerprint density at radius 3 is 2.53 bits per heavy atom. The maximum Gasteiger partial charge on any atom is 0.261 e. The van der Waals surface area contributed by atoms with Crippen molar-refractivity contribution in [1.82, 2.24) is 10.2 Å². The second-order valence-corrected chi connectivity index (χ2v) is 9.18. The van der Waals surface area contributed by atoms with Crippen LogP contribution in [0.5, 0.6) is 5.75 Å². The Balaban J connectivity index is 2.18. The molecule has 1 atom stereocenters. The van der Waals surface area contributed by atoms with Crippen LogP contribution >= 0.6 is 39.1 Å². The number of nitrogens with one attached hydrogen (secondary N) is 1. The molecule has 0 radical (unpaired) electrons. The van der Waals surface area contributed by atoms with Crippen molar-refractivity contribution in [2.24, 2.45) is 0 Å². The molecular formula is C24H29BrCl2N2O3. The Labute approximate surface area is 208 Å². The van der Waals surface area contributed by atoms with Crippen molar-refractivity contribution in [2.45, 2.75) is 52.6 Å². The van der Waals surface area contributed by atoms with Crippen molar-refractivity contribution in [3.63, 3.8) is 0 Å². The molecule has 5 nitrogen and oxygen atoms in total. The van der Waals surface area contributed by atoms with Crippen molar-refractivity contribution in [3.8, 4) is 5.75 Å². The Morgan fingerprint density at radius 2 is 1.91 bits per heavy atom. The molecule has 0 saturated carbocycles. The number of aryl methyl sites for hydroxylation is 1. The Hall–Kier alpha value is -1.76. The highest BCUT2D eigenvalue weighted by Gasteiger charge is 2.27. The highest BCUT2D eigenvalue weighted by molar-refractivity contribution is 9.10. The van der Waals surface area contributed by atoms with Gasteiger partial charge in [0.25, 0.3) is 5.91 Å². The summed E-state index contributed by atoms with van der Waals surface area (Å²) in [6.07, 6.45) is 2.75. The largest absolute Gasteiger partial charge is 0.483 e. The van der Waals surface area contributed by atoms with E-state index in [1.165, 1.54) is 4.90 Å². The van der Waals surface area contributed by atoms with E-state index in [9.17, 15) is 9.59 Å². The number of rotatable bonds is 11. The Morgan fingerprint density at radius 1 is 1.16 bits per heavy atom. The van der Waals surface area contributed by atoms with Gasteiger partial charge >= 0.3 is 0 Å². The van der Waals surface area contributed by atoms with E-state index in [0.29, 0.717) is 27.9 Å². The van der Waals surface area contributed by atoms with Crippen LogP contribution in [0.4, 0.5) is 0 Å². The fraction of sp³-hybridized carbons (Fsp3) is 0.417. The van der Waals surface area contributed by atoms with Crippen LogP contribution in [0, 0.1) is 0 Å². The first kappa shape index (κ1) is 26.5. The van der Waals surface area contributed by atoms with Gasteiger partial charge in [0.05, 0.1) is 4.47 Å². The number of carbonyl (C=O) groups is 2. The highest BCUT2D eigenvalue weighted by atomic mass is 79.9. The Kier molecular flexibility index (Phi) is 10.8. The van der Waals surface area contributed by atoms with Crippen LogP contribution in [0.2, 0.25) is 10.0 Å². The topological polar surface area (TPSA) is 58.6 Å². The van der Waals surface area contributed by atoms with E-state index in [4.69, 9.17) is 27.9 Å². The van der Waals surface area contributed by atoms with Crippen LogP contribution < -0.4 is 10.1 Å². The van der Waals surface area contributed by atoms with Gasteiger partial charge in [-0.1, -0.05) is 55.6 Å². The molecule has 0 saturated heterocycles. The molecule has 2 aromatic carbocycles. The maximum absolute atomic E-state index is 13.1. The van der Waals surface area contributed by atoms with Gasteiger partial charge in [-0.05, 0) is 71.1 Å². The van der Waals surface area contributed by atoms with Gasteiger partial charge in [-0.2, -0.15) is 0 Å². The third-order valence-corrected chi connectivity index (χ3v) is 6.32. The standard InChI is InChI=1S/C24H29BrCl2N2O3/c1-4-6-11-28-24(31)16(3)29(14-18-8-9-19(26)13-21(18)27)23(30)15-32-22-10-7-17(5-2)12-20(22)25/h7-10,12-13,16H,4-6,11,14-15H2,1-3H3,(H,28,31)/t16-/m0/s1. The van der Waals surface area contributed by atoms with Gasteiger partial charge in [-0.25, -0.2) is 0 Å². The molecule has 0 aliphatic heterocycles. The second kappa shape index (κ2) is 13.1. The highest BCUT2D eigenvalue weighted by Crippen LogP contribution is 2.27. The summed E-state index contributed by atoms with van der Waals surface area (Å²) in [6, 6.07) is 10.1. The number of carbonyl (C=O) groups excluding carboxylic acids is 2. The van der Waals surface area contributed by atoms with E-state index in [1.54, 1.807) is 25.1 Å². The summed E-state index contributed by atoms with van der Waals surface area (Å²) in [5.74, 6) is 0.0334. The lowest BCUT2D eigenvalue weighted by Crippen LogP contribution is -2.49. The third-order valence-electron chi connectivity index (χ3n) is 5.11. The lowest BCUT2D eigenvalue weighted by atomic mass is 10.1. The lowest BCUT2D eigenvalue weighted by molar-refractivity contribution is -0.142. The molecule has 32 heavy (non-hydrogen) atoms. The first-order chi connectivity index (χ1) is 15.3. The van der Waals surface area contributed by atoms with Crippen LogP contribution in [0.25, 0.3) is 0 Å². The van der Waals surface area contributed by atoms with Crippen LogP contribution in [0.15, 0.2) is 40.9 Å². The van der Waals surface area contributed by atoms with Crippen LogP contribution in [0.1, 0.15) is 44.7 Å². The zero-order valence-electron chi connectivity index (χ0n) is 18.6. The lowest BCUT2D eigenvalue weighted by Gasteiger charge is -2.29. The predicted octanol–water partition coefficient (Wildman–Crippen LogP) is 6.03. The van der Waals surface area contributed by atoms with Crippen molar-refractivity contribution >= 4 is 50.9 Å². The number of hydrogen-bond acceptors (Lipinski definition) is 3. The number of hydrogen-bond donors (Lipinski definition) is 1. The molecule has 0 aliphatic rings. The third kappa shape index (κ3) is 7.68. The number of benzene rings is 2. The van der Waals surface area contributed by atoms with Gasteiger partial charge in [0.2, 0.25) is 5.91 Å². The number of amides is 2. The molecule has 0 aliphatic carbocycles. The Bertz CT molecular complexity index is 939. The quantitative estimate of drug-likeness (QED) is 0.352. The summed E-state index contributed by atoms with van der Waals surface area (Å²) in [6.45, 7) is 6.35. The van der Waals surface area contributed by atoms with Gasteiger partial charge in [0.1, 0.15) is 11.8 Å². The molecule has 0 spiro atoms. The molecule has 174 valence electrons. The average Bonchev–Trinajstić information content (AvgIpc) is 2.77. The molecular weight excluding hydrogens is 515 g/mol. The smallest absolute Gasteiger partial charge is 0.261 e. The molecule has 2 rings (SSSR count). The van der Waals surface area contributed by atoms with Crippen molar-refractivity contribution in [3.05, 3.63) is 62.0 Å². The van der Waals surface area contributed by atoms with E-state index in [0.717, 1.165) is 29.3 Å². The number of unbranched alkanes of at least 4 members (excludes halogenated alkanes) is 1.